The van der Waals surface area contributed by atoms with Crippen LogP contribution in [0.1, 0.15) is 37.3 Å². The van der Waals surface area contributed by atoms with Crippen molar-refractivity contribution in [1.82, 2.24) is 33.7 Å². The zero-order chi connectivity index (χ0) is 20.8. The quantitative estimate of drug-likeness (QED) is 0.558. The molecule has 0 amide bonds. The van der Waals surface area contributed by atoms with Crippen molar-refractivity contribution in [2.24, 2.45) is 13.0 Å². The van der Waals surface area contributed by atoms with Crippen LogP contribution in [0.3, 0.4) is 0 Å². The van der Waals surface area contributed by atoms with Gasteiger partial charge >= 0.3 is 5.69 Å². The normalized spacial score (nSPS) is 19.2. The Kier molecular flexibility index (Phi) is 4.24. The monoisotopic (exact) mass is 403 g/mol. The summed E-state index contributed by atoms with van der Waals surface area (Å²) in [5.74, 6) is 0.489. The Balaban J connectivity index is 1.54. The average molecular weight is 403 g/mol. The molecule has 1 aliphatic carbocycles. The van der Waals surface area contributed by atoms with Gasteiger partial charge in [-0.3, -0.25) is 9.13 Å². The lowest BCUT2D eigenvalue weighted by Crippen LogP contribution is -2.28. The van der Waals surface area contributed by atoms with E-state index in [0.717, 1.165) is 42.6 Å². The summed E-state index contributed by atoms with van der Waals surface area (Å²) in [5.41, 5.74) is 3.76. The predicted molar refractivity (Wildman–Crippen MR) is 110 cm³/mol. The SMILES string of the molecule is Cc1cc2ncnn2cc1Nc1ncc2c(n1)n(C1CCC(C#N)CC1)c(=O)n2C. The first-order valence-corrected chi connectivity index (χ1v) is 9.95. The van der Waals surface area contributed by atoms with Gasteiger partial charge in [0, 0.05) is 19.0 Å². The minimum absolute atomic E-state index is 0.0433. The summed E-state index contributed by atoms with van der Waals surface area (Å²) in [6.45, 7) is 1.97. The van der Waals surface area contributed by atoms with Crippen LogP contribution in [0.25, 0.3) is 16.8 Å². The molecule has 4 heterocycles. The lowest BCUT2D eigenvalue weighted by atomic mass is 9.87. The molecule has 0 bridgehead atoms. The number of hydrogen-bond acceptors (Lipinski definition) is 7. The van der Waals surface area contributed by atoms with Crippen LogP contribution in [-0.4, -0.2) is 33.7 Å². The second-order valence-corrected chi connectivity index (χ2v) is 7.81. The highest BCUT2D eigenvalue weighted by molar-refractivity contribution is 5.73. The third-order valence-corrected chi connectivity index (χ3v) is 5.95. The lowest BCUT2D eigenvalue weighted by molar-refractivity contribution is 0.311. The van der Waals surface area contributed by atoms with Crippen LogP contribution in [0.4, 0.5) is 11.6 Å². The number of anilines is 2. The van der Waals surface area contributed by atoms with Crippen molar-refractivity contribution in [3.63, 3.8) is 0 Å². The Morgan fingerprint density at radius 3 is 2.80 bits per heavy atom. The number of aromatic nitrogens is 7. The van der Waals surface area contributed by atoms with Crippen molar-refractivity contribution in [2.45, 2.75) is 38.6 Å². The highest BCUT2D eigenvalue weighted by atomic mass is 16.1. The summed E-state index contributed by atoms with van der Waals surface area (Å²) in [7, 11) is 1.74. The number of pyridine rings is 1. The first-order chi connectivity index (χ1) is 14.5. The van der Waals surface area contributed by atoms with E-state index in [1.807, 2.05) is 19.2 Å². The van der Waals surface area contributed by atoms with E-state index in [9.17, 15) is 4.79 Å². The van der Waals surface area contributed by atoms with Gasteiger partial charge in [-0.15, -0.1) is 0 Å². The molecule has 152 valence electrons. The number of hydrogen-bond donors (Lipinski definition) is 1. The molecule has 10 heteroatoms. The average Bonchev–Trinajstić information content (AvgIpc) is 3.30. The molecule has 5 rings (SSSR count). The minimum atomic E-state index is -0.0999. The van der Waals surface area contributed by atoms with Crippen LogP contribution in [0.15, 0.2) is 29.6 Å². The molecule has 1 aliphatic rings. The minimum Gasteiger partial charge on any atom is -0.323 e. The highest BCUT2D eigenvalue weighted by Gasteiger charge is 2.26. The standard InChI is InChI=1S/C20H21N9O/c1-12-7-17-23-11-24-28(17)10-15(12)25-19-22-9-16-18(26-19)29(20(30)27(16)2)14-5-3-13(8-21)4-6-14/h7,9-11,13-14H,3-6H2,1-2H3,(H,22,25,26). The Bertz CT molecular complexity index is 1350. The molecule has 0 spiro atoms. The van der Waals surface area contributed by atoms with E-state index in [4.69, 9.17) is 5.26 Å². The molecule has 1 saturated carbocycles. The third-order valence-electron chi connectivity index (χ3n) is 5.95. The Hall–Kier alpha value is -3.74. The van der Waals surface area contributed by atoms with Crippen LogP contribution in [-0.2, 0) is 7.05 Å². The molecular weight excluding hydrogens is 382 g/mol. The van der Waals surface area contributed by atoms with Gasteiger partial charge in [-0.2, -0.15) is 15.3 Å². The van der Waals surface area contributed by atoms with E-state index >= 15 is 0 Å². The Morgan fingerprint density at radius 2 is 2.03 bits per heavy atom. The molecule has 0 atom stereocenters. The van der Waals surface area contributed by atoms with Crippen molar-refractivity contribution < 1.29 is 0 Å². The first-order valence-electron chi connectivity index (χ1n) is 9.95. The van der Waals surface area contributed by atoms with Crippen LogP contribution in [0.2, 0.25) is 0 Å². The number of nitrogens with one attached hydrogen (secondary N) is 1. The summed E-state index contributed by atoms with van der Waals surface area (Å²) >= 11 is 0. The molecule has 0 aromatic carbocycles. The third kappa shape index (κ3) is 2.90. The number of imidazole rings is 1. The van der Waals surface area contributed by atoms with Crippen LogP contribution >= 0.6 is 0 Å². The van der Waals surface area contributed by atoms with Gasteiger partial charge in [0.05, 0.1) is 24.2 Å². The zero-order valence-corrected chi connectivity index (χ0v) is 16.8. The molecule has 0 radical (unpaired) electrons. The topological polar surface area (TPSA) is 119 Å². The predicted octanol–water partition coefficient (Wildman–Crippen LogP) is 2.48. The maximum absolute atomic E-state index is 12.9. The molecular formula is C20H21N9O. The summed E-state index contributed by atoms with van der Waals surface area (Å²) in [5, 5.41) is 16.6. The fourth-order valence-corrected chi connectivity index (χ4v) is 4.20. The van der Waals surface area contributed by atoms with Crippen molar-refractivity contribution in [3.05, 3.63) is 40.8 Å². The summed E-state index contributed by atoms with van der Waals surface area (Å²) in [4.78, 5) is 26.2. The van der Waals surface area contributed by atoms with Gasteiger partial charge in [-0.05, 0) is 44.2 Å². The maximum Gasteiger partial charge on any atom is 0.330 e. The van der Waals surface area contributed by atoms with Crippen LogP contribution in [0.5, 0.6) is 0 Å². The van der Waals surface area contributed by atoms with Crippen molar-refractivity contribution in [2.75, 3.05) is 5.32 Å². The molecule has 0 saturated heterocycles. The van der Waals surface area contributed by atoms with E-state index < -0.39 is 0 Å². The molecule has 30 heavy (non-hydrogen) atoms. The largest absolute Gasteiger partial charge is 0.330 e. The second-order valence-electron chi connectivity index (χ2n) is 7.81. The molecule has 1 fully saturated rings. The number of fused-ring (bicyclic) bond motifs is 2. The van der Waals surface area contributed by atoms with E-state index in [2.05, 4.69) is 31.4 Å². The fraction of sp³-hybridized carbons (Fsp3) is 0.400. The molecule has 1 N–H and O–H groups in total. The van der Waals surface area contributed by atoms with Gasteiger partial charge in [0.2, 0.25) is 5.95 Å². The summed E-state index contributed by atoms with van der Waals surface area (Å²) < 4.78 is 5.03. The smallest absolute Gasteiger partial charge is 0.323 e. The molecule has 4 aromatic heterocycles. The van der Waals surface area contributed by atoms with E-state index in [0.29, 0.717) is 17.1 Å². The highest BCUT2D eigenvalue weighted by Crippen LogP contribution is 2.32. The first kappa shape index (κ1) is 18.3. The van der Waals surface area contributed by atoms with Gasteiger partial charge in [-0.1, -0.05) is 0 Å². The van der Waals surface area contributed by atoms with Crippen LogP contribution in [0, 0.1) is 24.2 Å². The Labute approximate surface area is 171 Å². The molecule has 0 aliphatic heterocycles. The van der Waals surface area contributed by atoms with Gasteiger partial charge < -0.3 is 5.32 Å². The number of nitrogens with zero attached hydrogens (tertiary/aromatic N) is 8. The summed E-state index contributed by atoms with van der Waals surface area (Å²) in [6.07, 6.45) is 8.22. The van der Waals surface area contributed by atoms with Gasteiger partial charge in [0.1, 0.15) is 11.8 Å². The van der Waals surface area contributed by atoms with Gasteiger partial charge in [-0.25, -0.2) is 19.3 Å². The van der Waals surface area contributed by atoms with Crippen molar-refractivity contribution in [3.8, 4) is 6.07 Å². The zero-order valence-electron chi connectivity index (χ0n) is 16.8. The molecule has 10 nitrogen and oxygen atoms in total. The van der Waals surface area contributed by atoms with E-state index in [-0.39, 0.29) is 17.6 Å². The Morgan fingerprint density at radius 1 is 1.23 bits per heavy atom. The van der Waals surface area contributed by atoms with Gasteiger partial charge in [0.15, 0.2) is 11.3 Å². The van der Waals surface area contributed by atoms with E-state index in [1.165, 1.54) is 6.33 Å². The molecule has 0 unspecified atom stereocenters. The second kappa shape index (κ2) is 6.95. The van der Waals surface area contributed by atoms with Gasteiger partial charge in [0.25, 0.3) is 0 Å². The van der Waals surface area contributed by atoms with Crippen molar-refractivity contribution in [1.29, 1.82) is 5.26 Å². The molecule has 4 aromatic rings. The van der Waals surface area contributed by atoms with E-state index in [1.54, 1.807) is 26.9 Å². The fourth-order valence-electron chi connectivity index (χ4n) is 4.20. The number of nitriles is 1. The number of aryl methyl sites for hydroxylation is 2. The number of rotatable bonds is 3. The van der Waals surface area contributed by atoms with Crippen molar-refractivity contribution >= 4 is 28.4 Å². The maximum atomic E-state index is 12.9. The lowest BCUT2D eigenvalue weighted by Gasteiger charge is -2.25. The van der Waals surface area contributed by atoms with Crippen LogP contribution < -0.4 is 11.0 Å². The summed E-state index contributed by atoms with van der Waals surface area (Å²) in [6, 6.07) is 4.32.